The van der Waals surface area contributed by atoms with E-state index in [1.165, 1.54) is 12.3 Å². The van der Waals surface area contributed by atoms with E-state index < -0.39 is 38.9 Å². The van der Waals surface area contributed by atoms with Gasteiger partial charge in [0.2, 0.25) is 0 Å². The SMILES string of the molecule is CC(C)Oc1ccc(-c2cn(COCCS(C)(C)C)c3nccc(Oc4c(F)cc(NC(=O)NCC5(C#N)COC5)cc4F)c23)cc1C#N. The van der Waals surface area contributed by atoms with Gasteiger partial charge < -0.3 is 34.1 Å². The topological polar surface area (TPSA) is 143 Å². The van der Waals surface area contributed by atoms with E-state index >= 15 is 8.78 Å². The zero-order valence-corrected chi connectivity index (χ0v) is 28.7. The van der Waals surface area contributed by atoms with Gasteiger partial charge in [0.1, 0.15) is 35.4 Å². The molecule has 1 aliphatic heterocycles. The number of nitrogens with one attached hydrogen (secondary N) is 2. The van der Waals surface area contributed by atoms with Crippen LogP contribution >= 0.6 is 10.0 Å². The molecule has 0 atom stereocenters. The van der Waals surface area contributed by atoms with Crippen molar-refractivity contribution >= 4 is 32.8 Å². The molecule has 14 heteroatoms. The first kappa shape index (κ1) is 35.4. The minimum Gasteiger partial charge on any atom is -0.490 e. The Kier molecular flexibility index (Phi) is 10.6. The number of rotatable bonds is 13. The number of nitrogens with zero attached hydrogens (tertiary/aromatic N) is 4. The van der Waals surface area contributed by atoms with Crippen LogP contribution in [0.25, 0.3) is 22.2 Å². The summed E-state index contributed by atoms with van der Waals surface area (Å²) in [6.45, 7) is 4.83. The Morgan fingerprint density at radius 1 is 1.12 bits per heavy atom. The van der Waals surface area contributed by atoms with Gasteiger partial charge in [-0.05, 0) is 56.4 Å². The second-order valence-electron chi connectivity index (χ2n) is 12.9. The second-order valence-corrected chi connectivity index (χ2v) is 17.5. The summed E-state index contributed by atoms with van der Waals surface area (Å²) in [5.74, 6) is -1.35. The molecule has 0 spiro atoms. The zero-order valence-electron chi connectivity index (χ0n) is 27.9. The minimum atomic E-state index is -1.06. The van der Waals surface area contributed by atoms with Gasteiger partial charge in [-0.15, -0.1) is 0 Å². The maximum absolute atomic E-state index is 15.4. The number of carbonyl (C=O) groups excluding carboxylic acids is 1. The quantitative estimate of drug-likeness (QED) is 0.146. The number of benzene rings is 2. The highest BCUT2D eigenvalue weighted by Crippen LogP contribution is 2.41. The summed E-state index contributed by atoms with van der Waals surface area (Å²) >= 11 is 0. The van der Waals surface area contributed by atoms with Gasteiger partial charge in [-0.2, -0.15) is 10.5 Å². The Morgan fingerprint density at radius 3 is 2.47 bits per heavy atom. The van der Waals surface area contributed by atoms with Crippen molar-refractivity contribution in [3.05, 3.63) is 66.0 Å². The number of hydrogen-bond donors (Lipinski definition) is 2. The molecule has 2 aromatic heterocycles. The van der Waals surface area contributed by atoms with Gasteiger partial charge in [0.25, 0.3) is 0 Å². The van der Waals surface area contributed by atoms with Crippen LogP contribution in [0.1, 0.15) is 19.4 Å². The molecule has 49 heavy (non-hydrogen) atoms. The zero-order chi connectivity index (χ0) is 35.3. The summed E-state index contributed by atoms with van der Waals surface area (Å²) in [6, 6.07) is 12.1. The van der Waals surface area contributed by atoms with Gasteiger partial charge in [0.05, 0.1) is 42.9 Å². The fraction of sp³-hybridized carbons (Fsp3) is 0.371. The first-order valence-electron chi connectivity index (χ1n) is 15.4. The van der Waals surface area contributed by atoms with Gasteiger partial charge in [-0.3, -0.25) is 0 Å². The summed E-state index contributed by atoms with van der Waals surface area (Å²) in [7, 11) is -0.774. The molecule has 4 aromatic rings. The number of urea groups is 1. The number of carbonyl (C=O) groups is 1. The lowest BCUT2D eigenvalue weighted by Crippen LogP contribution is -2.50. The molecule has 258 valence electrons. The predicted octanol–water partition coefficient (Wildman–Crippen LogP) is 6.76. The molecule has 1 fully saturated rings. The minimum absolute atomic E-state index is 0.0213. The second kappa shape index (κ2) is 14.7. The molecule has 0 aliphatic carbocycles. The molecule has 0 radical (unpaired) electrons. The average molecular weight is 693 g/mol. The Labute approximate surface area is 285 Å². The van der Waals surface area contributed by atoms with Crippen molar-refractivity contribution in [1.29, 1.82) is 10.5 Å². The Bertz CT molecular complexity index is 1920. The van der Waals surface area contributed by atoms with E-state index in [2.05, 4.69) is 46.5 Å². The van der Waals surface area contributed by atoms with E-state index in [-0.39, 0.29) is 44.0 Å². The van der Waals surface area contributed by atoms with Crippen molar-refractivity contribution < 1.29 is 32.5 Å². The van der Waals surface area contributed by atoms with E-state index in [0.717, 1.165) is 17.9 Å². The monoisotopic (exact) mass is 692 g/mol. The molecule has 1 aliphatic rings. The predicted molar refractivity (Wildman–Crippen MR) is 184 cm³/mol. The van der Waals surface area contributed by atoms with Gasteiger partial charge in [0, 0.05) is 48.1 Å². The molecule has 0 saturated carbocycles. The Hall–Kier alpha value is -4.89. The Balaban J connectivity index is 1.47. The van der Waals surface area contributed by atoms with Crippen LogP contribution < -0.4 is 20.1 Å². The summed E-state index contributed by atoms with van der Waals surface area (Å²) in [6.07, 6.45) is 9.74. The van der Waals surface area contributed by atoms with Crippen LogP contribution in [0.4, 0.5) is 19.3 Å². The van der Waals surface area contributed by atoms with E-state index in [1.54, 1.807) is 29.0 Å². The van der Waals surface area contributed by atoms with Crippen LogP contribution in [0.5, 0.6) is 17.2 Å². The van der Waals surface area contributed by atoms with Crippen molar-refractivity contribution in [1.82, 2.24) is 14.9 Å². The number of ether oxygens (including phenoxy) is 4. The van der Waals surface area contributed by atoms with Crippen LogP contribution in [-0.4, -0.2) is 72.6 Å². The summed E-state index contributed by atoms with van der Waals surface area (Å²) < 4.78 is 55.4. The summed E-state index contributed by atoms with van der Waals surface area (Å²) in [4.78, 5) is 17.0. The van der Waals surface area contributed by atoms with Crippen molar-refractivity contribution in [2.75, 3.05) is 56.2 Å². The van der Waals surface area contributed by atoms with Gasteiger partial charge >= 0.3 is 6.03 Å². The standard InChI is InChI=1S/C35H38F2N6O5S/c1-22(2)47-29-7-6-23(12-24(29)15-38)26-16-43(21-45-10-11-49(3,4)5)33-31(26)30(8-9-40-33)48-32-27(36)13-25(14-28(32)37)42-34(44)41-18-35(17-39)19-46-20-35/h6-9,12-14,16,22H,10-11,18-21H2,1-5H3,(H2,41,42,44). The molecule has 11 nitrogen and oxygen atoms in total. The van der Waals surface area contributed by atoms with E-state index in [0.29, 0.717) is 40.1 Å². The van der Waals surface area contributed by atoms with Gasteiger partial charge in [-0.25, -0.2) is 28.6 Å². The number of nitriles is 2. The Morgan fingerprint density at radius 2 is 1.86 bits per heavy atom. The van der Waals surface area contributed by atoms with E-state index in [4.69, 9.17) is 18.9 Å². The molecular weight excluding hydrogens is 654 g/mol. The summed E-state index contributed by atoms with van der Waals surface area (Å²) in [5, 5.41) is 24.6. The first-order chi connectivity index (χ1) is 23.3. The number of anilines is 1. The highest BCUT2D eigenvalue weighted by atomic mass is 32.3. The molecule has 5 rings (SSSR count). The third kappa shape index (κ3) is 8.40. The number of aromatic nitrogens is 2. The third-order valence-corrected chi connectivity index (χ3v) is 9.00. The number of fused-ring (bicyclic) bond motifs is 1. The van der Waals surface area contributed by atoms with Crippen LogP contribution in [-0.2, 0) is 16.2 Å². The largest absolute Gasteiger partial charge is 0.490 e. The number of hydrogen-bond acceptors (Lipinski definition) is 8. The molecular formula is C35H38F2N6O5S. The highest BCUT2D eigenvalue weighted by Gasteiger charge is 2.39. The fourth-order valence-electron chi connectivity index (χ4n) is 5.02. The molecule has 2 aromatic carbocycles. The lowest BCUT2D eigenvalue weighted by atomic mass is 9.88. The van der Waals surface area contributed by atoms with Crippen molar-refractivity contribution in [3.63, 3.8) is 0 Å². The smallest absolute Gasteiger partial charge is 0.319 e. The van der Waals surface area contributed by atoms with Gasteiger partial charge in [-0.1, -0.05) is 6.07 Å². The van der Waals surface area contributed by atoms with Crippen molar-refractivity contribution in [3.8, 4) is 40.5 Å². The van der Waals surface area contributed by atoms with Crippen molar-refractivity contribution in [2.45, 2.75) is 26.7 Å². The maximum Gasteiger partial charge on any atom is 0.319 e. The lowest BCUT2D eigenvalue weighted by Gasteiger charge is -2.34. The lowest BCUT2D eigenvalue weighted by molar-refractivity contribution is -0.0738. The highest BCUT2D eigenvalue weighted by molar-refractivity contribution is 8.32. The van der Waals surface area contributed by atoms with E-state index in [9.17, 15) is 15.3 Å². The molecule has 0 bridgehead atoms. The molecule has 2 N–H and O–H groups in total. The van der Waals surface area contributed by atoms with Crippen molar-refractivity contribution in [2.24, 2.45) is 5.41 Å². The summed E-state index contributed by atoms with van der Waals surface area (Å²) in [5.41, 5.74) is 1.02. The molecule has 2 amide bonds. The first-order valence-corrected chi connectivity index (χ1v) is 18.5. The molecule has 1 saturated heterocycles. The van der Waals surface area contributed by atoms with E-state index in [1.807, 2.05) is 13.8 Å². The molecule has 0 unspecified atom stereocenters. The number of amides is 2. The third-order valence-electron chi connectivity index (χ3n) is 7.61. The van der Waals surface area contributed by atoms with Crippen LogP contribution in [0.15, 0.2) is 48.8 Å². The van der Waals surface area contributed by atoms with Crippen LogP contribution in [0.3, 0.4) is 0 Å². The van der Waals surface area contributed by atoms with Gasteiger partial charge in [0.15, 0.2) is 17.4 Å². The molecule has 3 heterocycles. The normalized spacial score (nSPS) is 14.1. The number of pyridine rings is 1. The number of halogens is 2. The van der Waals surface area contributed by atoms with Crippen LogP contribution in [0.2, 0.25) is 0 Å². The van der Waals surface area contributed by atoms with Crippen LogP contribution in [0, 0.1) is 39.7 Å². The average Bonchev–Trinajstić information content (AvgIpc) is 3.39. The fourth-order valence-corrected chi connectivity index (χ4v) is 5.64. The maximum atomic E-state index is 15.4.